The van der Waals surface area contributed by atoms with Crippen LogP contribution in [0.25, 0.3) is 12.2 Å². The molecule has 0 heterocycles. The highest BCUT2D eigenvalue weighted by Crippen LogP contribution is 2.33. The van der Waals surface area contributed by atoms with Crippen LogP contribution in [0.4, 0.5) is 4.79 Å². The van der Waals surface area contributed by atoms with Crippen molar-refractivity contribution in [1.82, 2.24) is 10.6 Å². The predicted molar refractivity (Wildman–Crippen MR) is 146 cm³/mol. The fourth-order valence-electron chi connectivity index (χ4n) is 4.23. The standard InChI is InChI=1S/C29H34N2O8/c1-6-39-27(32)17-30-29(34)31-22-15-20(11-18-7-9-23(35-2)25(13-18)37-4)28(33)21(16-22)12-19-8-10-24(36-3)26(14-19)38-5/h7-14,22H,6,15-17H2,1-5H3,(H2,30,31,34)/b20-11+,21-12+. The van der Waals surface area contributed by atoms with Crippen molar-refractivity contribution < 1.29 is 38.1 Å². The molecule has 0 aromatic heterocycles. The minimum Gasteiger partial charge on any atom is -0.493 e. The number of methoxy groups -OCH3 is 4. The number of carbonyl (C=O) groups excluding carboxylic acids is 3. The minimum atomic E-state index is -0.533. The number of carbonyl (C=O) groups is 3. The zero-order valence-electron chi connectivity index (χ0n) is 22.8. The molecule has 2 aromatic rings. The van der Waals surface area contributed by atoms with Crippen LogP contribution in [-0.4, -0.2) is 65.4 Å². The first-order valence-electron chi connectivity index (χ1n) is 12.4. The molecule has 0 atom stereocenters. The van der Waals surface area contributed by atoms with E-state index in [4.69, 9.17) is 23.7 Å². The summed E-state index contributed by atoms with van der Waals surface area (Å²) in [4.78, 5) is 37.7. The summed E-state index contributed by atoms with van der Waals surface area (Å²) < 4.78 is 26.3. The highest BCUT2D eigenvalue weighted by Gasteiger charge is 2.29. The van der Waals surface area contributed by atoms with E-state index in [0.29, 0.717) is 47.0 Å². The van der Waals surface area contributed by atoms with Gasteiger partial charge in [-0.15, -0.1) is 0 Å². The van der Waals surface area contributed by atoms with Crippen molar-refractivity contribution in [3.8, 4) is 23.0 Å². The molecular weight excluding hydrogens is 504 g/mol. The molecule has 2 aromatic carbocycles. The van der Waals surface area contributed by atoms with E-state index >= 15 is 0 Å². The van der Waals surface area contributed by atoms with Crippen molar-refractivity contribution in [1.29, 1.82) is 0 Å². The Balaban J connectivity index is 1.93. The van der Waals surface area contributed by atoms with Crippen molar-refractivity contribution in [2.24, 2.45) is 0 Å². The van der Waals surface area contributed by atoms with Crippen molar-refractivity contribution in [2.45, 2.75) is 25.8 Å². The number of nitrogens with one attached hydrogen (secondary N) is 2. The third-order valence-corrected chi connectivity index (χ3v) is 6.05. The predicted octanol–water partition coefficient (Wildman–Crippen LogP) is 3.78. The van der Waals surface area contributed by atoms with Crippen LogP contribution >= 0.6 is 0 Å². The molecule has 208 valence electrons. The normalized spacial score (nSPS) is 16.9. The monoisotopic (exact) mass is 538 g/mol. The third-order valence-electron chi connectivity index (χ3n) is 6.05. The van der Waals surface area contributed by atoms with Crippen LogP contribution in [0.15, 0.2) is 47.5 Å². The molecule has 39 heavy (non-hydrogen) atoms. The molecule has 0 aliphatic heterocycles. The van der Waals surface area contributed by atoms with Crippen LogP contribution in [0.5, 0.6) is 23.0 Å². The molecule has 10 heteroatoms. The van der Waals surface area contributed by atoms with Gasteiger partial charge in [0.1, 0.15) is 6.54 Å². The van der Waals surface area contributed by atoms with Gasteiger partial charge in [-0.1, -0.05) is 12.1 Å². The Bertz CT molecular complexity index is 1190. The molecule has 0 bridgehead atoms. The Morgan fingerprint density at radius 2 is 1.31 bits per heavy atom. The first kappa shape index (κ1) is 29.1. The molecule has 1 fully saturated rings. The fourth-order valence-corrected chi connectivity index (χ4v) is 4.23. The van der Waals surface area contributed by atoms with E-state index in [0.717, 1.165) is 11.1 Å². The maximum absolute atomic E-state index is 13.6. The van der Waals surface area contributed by atoms with E-state index < -0.39 is 18.0 Å². The van der Waals surface area contributed by atoms with Crippen LogP contribution in [0, 0.1) is 0 Å². The smallest absolute Gasteiger partial charge is 0.325 e. The van der Waals surface area contributed by atoms with Crippen molar-refractivity contribution in [2.75, 3.05) is 41.6 Å². The fraction of sp³-hybridized carbons (Fsp3) is 0.345. The molecule has 1 aliphatic rings. The molecular formula is C29H34N2O8. The van der Waals surface area contributed by atoms with Gasteiger partial charge in [-0.25, -0.2) is 4.79 Å². The van der Waals surface area contributed by atoms with Gasteiger partial charge in [0.25, 0.3) is 0 Å². The third kappa shape index (κ3) is 7.76. The maximum Gasteiger partial charge on any atom is 0.325 e. The average Bonchev–Trinajstić information content (AvgIpc) is 2.94. The lowest BCUT2D eigenvalue weighted by Crippen LogP contribution is -2.46. The number of ether oxygens (including phenoxy) is 5. The quantitative estimate of drug-likeness (QED) is 0.346. The lowest BCUT2D eigenvalue weighted by Gasteiger charge is -2.27. The van der Waals surface area contributed by atoms with Crippen LogP contribution in [0.3, 0.4) is 0 Å². The van der Waals surface area contributed by atoms with E-state index in [1.165, 1.54) is 0 Å². The zero-order valence-corrected chi connectivity index (χ0v) is 22.8. The van der Waals surface area contributed by atoms with Crippen molar-refractivity contribution in [3.05, 3.63) is 58.7 Å². The molecule has 1 aliphatic carbocycles. The van der Waals surface area contributed by atoms with Gasteiger partial charge in [-0.3, -0.25) is 9.59 Å². The second kappa shape index (κ2) is 13.9. The second-order valence-corrected chi connectivity index (χ2v) is 8.63. The SMILES string of the molecule is CCOC(=O)CNC(=O)NC1C/C(=C\c2ccc(OC)c(OC)c2)C(=O)/C(=C/c2ccc(OC)c(OC)c2)C1. The Labute approximate surface area is 227 Å². The van der Waals surface area contributed by atoms with E-state index in [2.05, 4.69) is 10.6 Å². The second-order valence-electron chi connectivity index (χ2n) is 8.63. The summed E-state index contributed by atoms with van der Waals surface area (Å²) in [5, 5.41) is 5.37. The number of hydrogen-bond acceptors (Lipinski definition) is 8. The summed E-state index contributed by atoms with van der Waals surface area (Å²) in [6.45, 7) is 1.66. The Kier molecular flexibility index (Phi) is 10.4. The molecule has 0 saturated heterocycles. The van der Waals surface area contributed by atoms with Crippen molar-refractivity contribution >= 4 is 29.9 Å². The minimum absolute atomic E-state index is 0.135. The summed E-state index contributed by atoms with van der Waals surface area (Å²) in [6, 6.07) is 9.79. The van der Waals surface area contributed by atoms with Crippen molar-refractivity contribution in [3.63, 3.8) is 0 Å². The first-order valence-corrected chi connectivity index (χ1v) is 12.4. The molecule has 10 nitrogen and oxygen atoms in total. The number of Topliss-reactive ketones (excluding diaryl/α,β-unsaturated/α-hetero) is 1. The van der Waals surface area contributed by atoms with E-state index in [-0.39, 0.29) is 18.9 Å². The highest BCUT2D eigenvalue weighted by atomic mass is 16.5. The van der Waals surface area contributed by atoms with E-state index in [9.17, 15) is 14.4 Å². The van der Waals surface area contributed by atoms with Gasteiger partial charge in [-0.2, -0.15) is 0 Å². The van der Waals surface area contributed by atoms with Gasteiger partial charge in [0.15, 0.2) is 28.8 Å². The Morgan fingerprint density at radius 3 is 1.74 bits per heavy atom. The highest BCUT2D eigenvalue weighted by molar-refractivity contribution is 6.14. The Hall–Kier alpha value is -4.47. The number of hydrogen-bond donors (Lipinski definition) is 2. The molecule has 0 radical (unpaired) electrons. The number of benzene rings is 2. The van der Waals surface area contributed by atoms with Gasteiger partial charge in [-0.05, 0) is 67.3 Å². The van der Waals surface area contributed by atoms with E-state index in [1.54, 1.807) is 71.8 Å². The maximum atomic E-state index is 13.6. The van der Waals surface area contributed by atoms with E-state index in [1.807, 2.05) is 12.1 Å². The van der Waals surface area contributed by atoms with Crippen LogP contribution < -0.4 is 29.6 Å². The lowest BCUT2D eigenvalue weighted by molar-refractivity contribution is -0.141. The molecule has 1 saturated carbocycles. The summed E-state index contributed by atoms with van der Waals surface area (Å²) in [5.41, 5.74) is 2.51. The first-order chi connectivity index (χ1) is 18.8. The number of urea groups is 1. The molecule has 0 unspecified atom stereocenters. The molecule has 2 amide bonds. The summed E-state index contributed by atoms with van der Waals surface area (Å²) in [7, 11) is 6.18. The summed E-state index contributed by atoms with van der Waals surface area (Å²) >= 11 is 0. The van der Waals surface area contributed by atoms with Crippen LogP contribution in [0.1, 0.15) is 30.9 Å². The number of amides is 2. The molecule has 0 spiro atoms. The molecule has 3 rings (SSSR count). The van der Waals surface area contributed by atoms with Gasteiger partial charge in [0.2, 0.25) is 0 Å². The molecule has 2 N–H and O–H groups in total. The summed E-state index contributed by atoms with van der Waals surface area (Å²) in [5.74, 6) is 1.54. The largest absolute Gasteiger partial charge is 0.493 e. The lowest BCUT2D eigenvalue weighted by atomic mass is 9.83. The van der Waals surface area contributed by atoms with Gasteiger partial charge < -0.3 is 34.3 Å². The zero-order chi connectivity index (χ0) is 28.4. The average molecular weight is 539 g/mol. The van der Waals surface area contributed by atoms with Crippen LogP contribution in [0.2, 0.25) is 0 Å². The number of ketones is 1. The Morgan fingerprint density at radius 1 is 0.821 bits per heavy atom. The van der Waals surface area contributed by atoms with Gasteiger partial charge in [0.05, 0.1) is 35.0 Å². The number of esters is 1. The van der Waals surface area contributed by atoms with Gasteiger partial charge in [0, 0.05) is 17.2 Å². The number of rotatable bonds is 10. The topological polar surface area (TPSA) is 121 Å². The summed E-state index contributed by atoms with van der Waals surface area (Å²) in [6.07, 6.45) is 4.14. The van der Waals surface area contributed by atoms with Gasteiger partial charge >= 0.3 is 12.0 Å². The van der Waals surface area contributed by atoms with Crippen LogP contribution in [-0.2, 0) is 14.3 Å².